The first kappa shape index (κ1) is 13.4. The van der Waals surface area contributed by atoms with E-state index in [-0.39, 0.29) is 5.97 Å². The quantitative estimate of drug-likeness (QED) is 0.754. The molecule has 0 aliphatic carbocycles. The summed E-state index contributed by atoms with van der Waals surface area (Å²) < 4.78 is 5.01. The summed E-state index contributed by atoms with van der Waals surface area (Å²) in [6.45, 7) is 2.13. The SMILES string of the molecule is CCOC(=O)c1ccsc1-c1ccc(Cl)cc1Cl. The number of hydrogen-bond acceptors (Lipinski definition) is 3. The highest BCUT2D eigenvalue weighted by atomic mass is 35.5. The number of carbonyl (C=O) groups is 1. The molecule has 0 saturated heterocycles. The van der Waals surface area contributed by atoms with Crippen molar-refractivity contribution in [1.29, 1.82) is 0 Å². The van der Waals surface area contributed by atoms with Crippen LogP contribution in [0.2, 0.25) is 10.0 Å². The zero-order valence-electron chi connectivity index (χ0n) is 9.57. The summed E-state index contributed by atoms with van der Waals surface area (Å²) in [5.41, 5.74) is 1.32. The predicted molar refractivity (Wildman–Crippen MR) is 75.7 cm³/mol. The summed E-state index contributed by atoms with van der Waals surface area (Å²) in [7, 11) is 0. The number of benzene rings is 1. The molecule has 0 unspecified atom stereocenters. The largest absolute Gasteiger partial charge is 0.462 e. The van der Waals surface area contributed by atoms with Gasteiger partial charge in [-0.1, -0.05) is 29.3 Å². The molecule has 0 radical (unpaired) electrons. The lowest BCUT2D eigenvalue weighted by molar-refractivity contribution is 0.0528. The Balaban J connectivity index is 2.45. The van der Waals surface area contributed by atoms with E-state index in [1.807, 2.05) is 5.38 Å². The molecule has 1 aromatic carbocycles. The second-order valence-electron chi connectivity index (χ2n) is 3.51. The third-order valence-electron chi connectivity index (χ3n) is 2.34. The molecular formula is C13H10Cl2O2S. The highest BCUT2D eigenvalue weighted by Gasteiger charge is 2.17. The molecule has 0 spiro atoms. The van der Waals surface area contributed by atoms with E-state index >= 15 is 0 Å². The van der Waals surface area contributed by atoms with E-state index in [1.165, 1.54) is 11.3 Å². The Labute approximate surface area is 119 Å². The molecule has 2 nitrogen and oxygen atoms in total. The van der Waals surface area contributed by atoms with Crippen molar-refractivity contribution in [3.63, 3.8) is 0 Å². The molecule has 0 aliphatic rings. The Morgan fingerprint density at radius 2 is 2.11 bits per heavy atom. The maximum absolute atomic E-state index is 11.8. The van der Waals surface area contributed by atoms with Gasteiger partial charge >= 0.3 is 5.97 Å². The molecule has 1 aromatic heterocycles. The van der Waals surface area contributed by atoms with Crippen molar-refractivity contribution in [1.82, 2.24) is 0 Å². The third-order valence-corrected chi connectivity index (χ3v) is 3.83. The fourth-order valence-corrected chi connectivity index (χ4v) is 3.04. The van der Waals surface area contributed by atoms with Gasteiger partial charge in [0.25, 0.3) is 0 Å². The summed E-state index contributed by atoms with van der Waals surface area (Å²) in [4.78, 5) is 12.6. The Hall–Kier alpha value is -1.03. The van der Waals surface area contributed by atoms with E-state index in [0.717, 1.165) is 10.4 Å². The molecule has 2 rings (SSSR count). The number of esters is 1. The van der Waals surface area contributed by atoms with Crippen LogP contribution in [0.4, 0.5) is 0 Å². The lowest BCUT2D eigenvalue weighted by Crippen LogP contribution is -2.04. The van der Waals surface area contributed by atoms with E-state index in [2.05, 4.69) is 0 Å². The molecule has 0 aliphatic heterocycles. The van der Waals surface area contributed by atoms with Gasteiger partial charge in [-0.25, -0.2) is 4.79 Å². The van der Waals surface area contributed by atoms with Gasteiger partial charge in [0, 0.05) is 10.6 Å². The summed E-state index contributed by atoms with van der Waals surface area (Å²) in [5, 5.41) is 2.93. The monoisotopic (exact) mass is 300 g/mol. The molecule has 18 heavy (non-hydrogen) atoms. The lowest BCUT2D eigenvalue weighted by Gasteiger charge is -2.06. The fraction of sp³-hybridized carbons (Fsp3) is 0.154. The molecule has 0 atom stereocenters. The Morgan fingerprint density at radius 1 is 1.33 bits per heavy atom. The van der Waals surface area contributed by atoms with Crippen LogP contribution in [0.1, 0.15) is 17.3 Å². The third kappa shape index (κ3) is 2.69. The second-order valence-corrected chi connectivity index (χ2v) is 5.27. The van der Waals surface area contributed by atoms with Crippen molar-refractivity contribution in [3.8, 4) is 10.4 Å². The predicted octanol–water partition coefficient (Wildman–Crippen LogP) is 4.90. The van der Waals surface area contributed by atoms with Crippen molar-refractivity contribution in [2.24, 2.45) is 0 Å². The topological polar surface area (TPSA) is 26.3 Å². The summed E-state index contributed by atoms with van der Waals surface area (Å²) in [5.74, 6) is -0.334. The first-order valence-electron chi connectivity index (χ1n) is 5.33. The summed E-state index contributed by atoms with van der Waals surface area (Å²) in [6, 6.07) is 6.95. The zero-order chi connectivity index (χ0) is 13.1. The van der Waals surface area contributed by atoms with Crippen LogP contribution < -0.4 is 0 Å². The van der Waals surface area contributed by atoms with Crippen molar-refractivity contribution in [2.45, 2.75) is 6.92 Å². The molecule has 0 bridgehead atoms. The summed E-state index contributed by atoms with van der Waals surface area (Å²) in [6.07, 6.45) is 0. The highest BCUT2D eigenvalue weighted by molar-refractivity contribution is 7.14. The average Bonchev–Trinajstić information content (AvgIpc) is 2.78. The highest BCUT2D eigenvalue weighted by Crippen LogP contribution is 2.36. The molecule has 5 heteroatoms. The first-order valence-corrected chi connectivity index (χ1v) is 6.97. The fourth-order valence-electron chi connectivity index (χ4n) is 1.56. The lowest BCUT2D eigenvalue weighted by atomic mass is 10.1. The van der Waals surface area contributed by atoms with Gasteiger partial charge in [-0.3, -0.25) is 0 Å². The van der Waals surface area contributed by atoms with Crippen LogP contribution in [0.3, 0.4) is 0 Å². The van der Waals surface area contributed by atoms with E-state index in [9.17, 15) is 4.79 Å². The van der Waals surface area contributed by atoms with Crippen LogP contribution in [0, 0.1) is 0 Å². The van der Waals surface area contributed by atoms with Crippen molar-refractivity contribution in [2.75, 3.05) is 6.61 Å². The minimum absolute atomic E-state index is 0.334. The maximum Gasteiger partial charge on any atom is 0.339 e. The molecule has 0 fully saturated rings. The average molecular weight is 301 g/mol. The van der Waals surface area contributed by atoms with Gasteiger partial charge in [-0.2, -0.15) is 0 Å². The number of hydrogen-bond donors (Lipinski definition) is 0. The van der Waals surface area contributed by atoms with Crippen LogP contribution in [-0.4, -0.2) is 12.6 Å². The maximum atomic E-state index is 11.8. The number of halogens is 2. The van der Waals surface area contributed by atoms with Gasteiger partial charge in [0.1, 0.15) is 0 Å². The molecule has 1 heterocycles. The van der Waals surface area contributed by atoms with Crippen LogP contribution in [0.25, 0.3) is 10.4 Å². The number of ether oxygens (including phenoxy) is 1. The van der Waals surface area contributed by atoms with E-state index < -0.39 is 0 Å². The second kappa shape index (κ2) is 5.74. The molecule has 2 aromatic rings. The van der Waals surface area contributed by atoms with Gasteiger partial charge in [0.2, 0.25) is 0 Å². The zero-order valence-corrected chi connectivity index (χ0v) is 11.9. The Morgan fingerprint density at radius 3 is 2.78 bits per heavy atom. The van der Waals surface area contributed by atoms with E-state index in [1.54, 1.807) is 31.2 Å². The molecule has 0 saturated carbocycles. The van der Waals surface area contributed by atoms with Crippen LogP contribution in [0.5, 0.6) is 0 Å². The van der Waals surface area contributed by atoms with Crippen molar-refractivity contribution < 1.29 is 9.53 Å². The standard InChI is InChI=1S/C13H10Cl2O2S/c1-2-17-13(16)10-5-6-18-12(10)9-4-3-8(14)7-11(9)15/h3-7H,2H2,1H3. The van der Waals surface area contributed by atoms with E-state index in [4.69, 9.17) is 27.9 Å². The summed E-state index contributed by atoms with van der Waals surface area (Å²) >= 11 is 13.5. The minimum Gasteiger partial charge on any atom is -0.462 e. The van der Waals surface area contributed by atoms with Gasteiger partial charge in [-0.05, 0) is 30.5 Å². The van der Waals surface area contributed by atoms with Crippen LogP contribution in [-0.2, 0) is 4.74 Å². The Kier molecular flexibility index (Phi) is 4.27. The van der Waals surface area contributed by atoms with Crippen LogP contribution >= 0.6 is 34.5 Å². The van der Waals surface area contributed by atoms with Crippen molar-refractivity contribution >= 4 is 40.5 Å². The first-order chi connectivity index (χ1) is 8.63. The van der Waals surface area contributed by atoms with Gasteiger partial charge in [-0.15, -0.1) is 11.3 Å². The molecular weight excluding hydrogens is 291 g/mol. The Bertz CT molecular complexity index is 578. The van der Waals surface area contributed by atoms with E-state index in [0.29, 0.717) is 22.2 Å². The van der Waals surface area contributed by atoms with Crippen molar-refractivity contribution in [3.05, 3.63) is 45.3 Å². The molecule has 94 valence electrons. The van der Waals surface area contributed by atoms with Gasteiger partial charge in [0.05, 0.1) is 22.1 Å². The molecule has 0 amide bonds. The number of rotatable bonds is 3. The normalized spacial score (nSPS) is 10.4. The molecule has 0 N–H and O–H groups in total. The number of thiophene rings is 1. The number of carbonyl (C=O) groups excluding carboxylic acids is 1. The van der Waals surface area contributed by atoms with Crippen LogP contribution in [0.15, 0.2) is 29.6 Å². The van der Waals surface area contributed by atoms with Gasteiger partial charge in [0.15, 0.2) is 0 Å². The van der Waals surface area contributed by atoms with Gasteiger partial charge < -0.3 is 4.74 Å². The minimum atomic E-state index is -0.334. The smallest absolute Gasteiger partial charge is 0.339 e.